The normalized spacial score (nSPS) is 10.0. The summed E-state index contributed by atoms with van der Waals surface area (Å²) in [5, 5.41) is 5.38. The van der Waals surface area contributed by atoms with E-state index >= 15 is 0 Å². The van der Waals surface area contributed by atoms with Crippen molar-refractivity contribution in [1.29, 1.82) is 0 Å². The summed E-state index contributed by atoms with van der Waals surface area (Å²) in [6.45, 7) is 12.9. The predicted molar refractivity (Wildman–Crippen MR) is 178 cm³/mol. The van der Waals surface area contributed by atoms with Gasteiger partial charge in [-0.1, -0.05) is 110 Å². The molecule has 0 aliphatic heterocycles. The molecule has 6 aromatic rings. The average molecular weight is 659 g/mol. The molecule has 0 fully saturated rings. The van der Waals surface area contributed by atoms with Crippen LogP contribution in [0.5, 0.6) is 0 Å². The maximum atomic E-state index is 4.93. The van der Waals surface area contributed by atoms with Gasteiger partial charge in [-0.25, -0.2) is 0 Å². The molecule has 4 heteroatoms. The van der Waals surface area contributed by atoms with Crippen LogP contribution in [0.1, 0.15) is 22.3 Å². The molecule has 0 atom stereocenters. The molecular weight excluding hydrogens is 623 g/mol. The van der Waals surface area contributed by atoms with E-state index in [0.717, 1.165) is 9.52 Å². The van der Waals surface area contributed by atoms with Gasteiger partial charge in [0, 0.05) is 9.52 Å². The van der Waals surface area contributed by atoms with Crippen LogP contribution in [0.15, 0.2) is 109 Å². The third-order valence-electron chi connectivity index (χ3n) is 6.45. The second kappa shape index (κ2) is 16.3. The Bertz CT molecular complexity index is 1520. The third kappa shape index (κ3) is 8.89. The Labute approximate surface area is 261 Å². The molecule has 2 radical (unpaired) electrons. The molecular formula is C36H36Cl2SiZr. The number of hydrogen-bond donors (Lipinski definition) is 0. The molecule has 40 heavy (non-hydrogen) atoms. The molecule has 0 amide bonds. The standard InChI is InChI=1S/2C17H15.C2H6Si.2ClH.Zr/c2*1-12-5-3-6-14(9-12)16-8-4-7-15-10-13(2)11-17(15)16;1-3-2;;;/h2*3-11H,1-2H3;1-2H3;2*1H;/q2*-1;;;;+4/p-2. The predicted octanol–water partition coefficient (Wildman–Crippen LogP) is 11.8. The van der Waals surface area contributed by atoms with Gasteiger partial charge in [0.05, 0.1) is 0 Å². The molecule has 0 heterocycles. The minimum atomic E-state index is -0.826. The Morgan fingerprint density at radius 2 is 0.900 bits per heavy atom. The minimum absolute atomic E-state index is 0.826. The summed E-state index contributed by atoms with van der Waals surface area (Å²) in [6, 6.07) is 39.5. The van der Waals surface area contributed by atoms with Crippen molar-refractivity contribution in [2.45, 2.75) is 40.8 Å². The first-order valence-electron chi connectivity index (χ1n) is 13.3. The molecule has 0 N–H and O–H groups in total. The Kier molecular flexibility index (Phi) is 13.1. The van der Waals surface area contributed by atoms with Crippen LogP contribution in [-0.4, -0.2) is 9.52 Å². The summed E-state index contributed by atoms with van der Waals surface area (Å²) in [6.07, 6.45) is 0. The number of halogens is 2. The van der Waals surface area contributed by atoms with E-state index in [0.29, 0.717) is 0 Å². The maximum absolute atomic E-state index is 4.93. The van der Waals surface area contributed by atoms with E-state index < -0.39 is 20.8 Å². The van der Waals surface area contributed by atoms with Gasteiger partial charge in [-0.2, -0.15) is 12.1 Å². The Hall–Kier alpha value is -2.22. The van der Waals surface area contributed by atoms with Crippen molar-refractivity contribution in [2.24, 2.45) is 0 Å². The van der Waals surface area contributed by atoms with E-state index in [9.17, 15) is 0 Å². The van der Waals surface area contributed by atoms with Crippen LogP contribution in [0.2, 0.25) is 13.1 Å². The summed E-state index contributed by atoms with van der Waals surface area (Å²) in [4.78, 5) is 0. The summed E-state index contributed by atoms with van der Waals surface area (Å²) in [5.74, 6) is 0. The number of rotatable bonds is 2. The van der Waals surface area contributed by atoms with Crippen molar-refractivity contribution in [3.8, 4) is 22.3 Å². The van der Waals surface area contributed by atoms with Crippen LogP contribution >= 0.6 is 17.0 Å². The molecule has 0 spiro atoms. The second-order valence-corrected chi connectivity index (χ2v) is 14.7. The fourth-order valence-corrected chi connectivity index (χ4v) is 4.90. The first-order chi connectivity index (χ1) is 19.3. The van der Waals surface area contributed by atoms with Gasteiger partial charge in [0.1, 0.15) is 0 Å². The molecule has 0 nitrogen and oxygen atoms in total. The van der Waals surface area contributed by atoms with Crippen LogP contribution in [0.3, 0.4) is 0 Å². The van der Waals surface area contributed by atoms with Crippen LogP contribution in [-0.2, 0) is 20.8 Å². The van der Waals surface area contributed by atoms with Gasteiger partial charge in [-0.15, -0.1) is 69.1 Å². The van der Waals surface area contributed by atoms with Crippen LogP contribution in [0, 0.1) is 27.7 Å². The van der Waals surface area contributed by atoms with E-state index in [1.807, 2.05) is 0 Å². The molecule has 0 saturated carbocycles. The van der Waals surface area contributed by atoms with E-state index in [2.05, 4.69) is 150 Å². The number of benzene rings is 4. The fourth-order valence-electron chi connectivity index (χ4n) is 4.90. The SMILES string of the molecule is C[Si]C.Cc1cccc(-c2cccc3[cH-]c(C)cc23)c1.Cc1cccc(-c2cccc3[cH-]c(C)cc23)c1.[Cl][Zr+2][Cl]. The van der Waals surface area contributed by atoms with Crippen LogP contribution < -0.4 is 0 Å². The van der Waals surface area contributed by atoms with Crippen LogP contribution in [0.4, 0.5) is 0 Å². The Morgan fingerprint density at radius 3 is 1.25 bits per heavy atom. The quantitative estimate of drug-likeness (QED) is 0.128. The van der Waals surface area contributed by atoms with E-state index in [1.165, 1.54) is 66.1 Å². The van der Waals surface area contributed by atoms with Gasteiger partial charge >= 0.3 is 37.9 Å². The third-order valence-corrected chi connectivity index (χ3v) is 6.45. The number of aryl methyl sites for hydroxylation is 4. The van der Waals surface area contributed by atoms with E-state index in [1.54, 1.807) is 0 Å². The molecule has 6 aromatic carbocycles. The first-order valence-corrected chi connectivity index (χ1v) is 21.6. The van der Waals surface area contributed by atoms with Crippen molar-refractivity contribution in [1.82, 2.24) is 0 Å². The van der Waals surface area contributed by atoms with Crippen molar-refractivity contribution in [3.63, 3.8) is 0 Å². The summed E-state index contributed by atoms with van der Waals surface area (Å²) >= 11 is -0.826. The zero-order valence-electron chi connectivity index (χ0n) is 24.1. The molecule has 0 aromatic heterocycles. The average Bonchev–Trinajstić information content (AvgIpc) is 3.50. The van der Waals surface area contributed by atoms with Crippen LogP contribution in [0.25, 0.3) is 43.8 Å². The molecule has 0 saturated heterocycles. The van der Waals surface area contributed by atoms with Crippen molar-refractivity contribution in [3.05, 3.63) is 131 Å². The van der Waals surface area contributed by atoms with Gasteiger partial charge in [0.15, 0.2) is 0 Å². The zero-order valence-corrected chi connectivity index (χ0v) is 29.1. The Balaban J connectivity index is 0.000000185. The monoisotopic (exact) mass is 656 g/mol. The second-order valence-electron chi connectivity index (χ2n) is 9.99. The summed E-state index contributed by atoms with van der Waals surface area (Å²) in [5.41, 5.74) is 10.6. The molecule has 0 aliphatic rings. The molecule has 0 aliphatic carbocycles. The topological polar surface area (TPSA) is 0 Å². The molecule has 6 rings (SSSR count). The Morgan fingerprint density at radius 1 is 0.550 bits per heavy atom. The number of fused-ring (bicyclic) bond motifs is 2. The summed E-state index contributed by atoms with van der Waals surface area (Å²) < 4.78 is 0. The first kappa shape index (κ1) is 32.3. The number of hydrogen-bond acceptors (Lipinski definition) is 0. The zero-order chi connectivity index (χ0) is 29.1. The summed E-state index contributed by atoms with van der Waals surface area (Å²) in [7, 11) is 11.0. The van der Waals surface area contributed by atoms with E-state index in [4.69, 9.17) is 17.0 Å². The fraction of sp³-hybridized carbons (Fsp3) is 0.167. The van der Waals surface area contributed by atoms with Gasteiger partial charge in [-0.3, -0.25) is 0 Å². The van der Waals surface area contributed by atoms with Gasteiger partial charge in [-0.05, 0) is 25.0 Å². The van der Waals surface area contributed by atoms with Gasteiger partial charge < -0.3 is 0 Å². The van der Waals surface area contributed by atoms with E-state index in [-0.39, 0.29) is 0 Å². The van der Waals surface area contributed by atoms with Crippen molar-refractivity contribution < 1.29 is 20.8 Å². The molecule has 202 valence electrons. The molecule has 0 unspecified atom stereocenters. The van der Waals surface area contributed by atoms with Gasteiger partial charge in [0.2, 0.25) is 0 Å². The van der Waals surface area contributed by atoms with Crippen molar-refractivity contribution >= 4 is 48.1 Å². The van der Waals surface area contributed by atoms with Crippen molar-refractivity contribution in [2.75, 3.05) is 0 Å². The van der Waals surface area contributed by atoms with Gasteiger partial charge in [0.25, 0.3) is 0 Å². The molecule has 0 bridgehead atoms.